The molecule has 8 heteroatoms. The minimum absolute atomic E-state index is 0.0463. The molecule has 0 saturated heterocycles. The summed E-state index contributed by atoms with van der Waals surface area (Å²) in [6, 6.07) is 17.9. The third-order valence-electron chi connectivity index (χ3n) is 5.87. The molecule has 1 atom stereocenters. The Balaban J connectivity index is 1.56. The number of para-hydroxylation sites is 1. The number of thiophene rings is 1. The van der Waals surface area contributed by atoms with E-state index in [-0.39, 0.29) is 29.9 Å². The largest absolute Gasteiger partial charge is 0.491 e. The van der Waals surface area contributed by atoms with Gasteiger partial charge in [-0.3, -0.25) is 4.79 Å². The Morgan fingerprint density at radius 1 is 1.18 bits per heavy atom. The Hall–Kier alpha value is -2.94. The molecule has 0 saturated carbocycles. The number of sulfonamides is 1. The lowest BCUT2D eigenvalue weighted by atomic mass is 10.0. The summed E-state index contributed by atoms with van der Waals surface area (Å²) in [6.07, 6.45) is 2.24. The molecule has 1 aromatic heterocycles. The van der Waals surface area contributed by atoms with Gasteiger partial charge in [0, 0.05) is 18.0 Å². The van der Waals surface area contributed by atoms with Gasteiger partial charge in [-0.25, -0.2) is 8.42 Å². The SMILES string of the molecule is C=CCN(CC(=O)N1CCc2sccc2C1COc1ccccc1)S(=O)(=O)c1ccc(C)cc1. The van der Waals surface area contributed by atoms with Crippen molar-refractivity contribution < 1.29 is 17.9 Å². The van der Waals surface area contributed by atoms with Crippen molar-refractivity contribution in [1.29, 1.82) is 0 Å². The fraction of sp³-hybridized carbons (Fsp3) is 0.269. The van der Waals surface area contributed by atoms with Crippen LogP contribution >= 0.6 is 11.3 Å². The summed E-state index contributed by atoms with van der Waals surface area (Å²) in [5.74, 6) is 0.475. The number of rotatable bonds is 9. The minimum Gasteiger partial charge on any atom is -0.491 e. The topological polar surface area (TPSA) is 66.9 Å². The highest BCUT2D eigenvalue weighted by Gasteiger charge is 2.35. The van der Waals surface area contributed by atoms with Crippen molar-refractivity contribution in [1.82, 2.24) is 9.21 Å². The van der Waals surface area contributed by atoms with Crippen molar-refractivity contribution in [2.24, 2.45) is 0 Å². The first kappa shape index (κ1) is 24.2. The Kier molecular flexibility index (Phi) is 7.50. The van der Waals surface area contributed by atoms with E-state index in [4.69, 9.17) is 4.74 Å². The molecule has 178 valence electrons. The highest BCUT2D eigenvalue weighted by Crippen LogP contribution is 2.34. The molecule has 1 unspecified atom stereocenters. The summed E-state index contributed by atoms with van der Waals surface area (Å²) >= 11 is 1.68. The molecule has 0 aliphatic carbocycles. The van der Waals surface area contributed by atoms with Crippen LogP contribution in [0.15, 0.2) is 83.6 Å². The second-order valence-corrected chi connectivity index (χ2v) is 11.1. The van der Waals surface area contributed by atoms with Crippen molar-refractivity contribution >= 4 is 27.3 Å². The normalized spacial score (nSPS) is 15.7. The molecule has 6 nitrogen and oxygen atoms in total. The molecule has 0 radical (unpaired) electrons. The van der Waals surface area contributed by atoms with E-state index in [1.807, 2.05) is 48.7 Å². The number of aryl methyl sites for hydroxylation is 1. The Morgan fingerprint density at radius 2 is 1.91 bits per heavy atom. The molecular weight excluding hydrogens is 468 g/mol. The number of nitrogens with zero attached hydrogens (tertiary/aromatic N) is 2. The number of ether oxygens (including phenoxy) is 1. The van der Waals surface area contributed by atoms with Gasteiger partial charge < -0.3 is 9.64 Å². The molecule has 4 rings (SSSR count). The zero-order valence-electron chi connectivity index (χ0n) is 19.1. The molecule has 0 fully saturated rings. The number of hydrogen-bond donors (Lipinski definition) is 0. The van der Waals surface area contributed by atoms with Crippen molar-refractivity contribution in [3.63, 3.8) is 0 Å². The van der Waals surface area contributed by atoms with E-state index in [0.29, 0.717) is 13.2 Å². The van der Waals surface area contributed by atoms with Crippen LogP contribution in [-0.4, -0.2) is 49.8 Å². The highest BCUT2D eigenvalue weighted by atomic mass is 32.2. The van der Waals surface area contributed by atoms with E-state index in [9.17, 15) is 13.2 Å². The first-order chi connectivity index (χ1) is 16.4. The Labute approximate surface area is 205 Å². The highest BCUT2D eigenvalue weighted by molar-refractivity contribution is 7.89. The summed E-state index contributed by atoms with van der Waals surface area (Å²) in [6.45, 7) is 6.19. The van der Waals surface area contributed by atoms with Gasteiger partial charge in [-0.2, -0.15) is 4.31 Å². The van der Waals surface area contributed by atoms with Crippen LogP contribution in [0.4, 0.5) is 0 Å². The van der Waals surface area contributed by atoms with Crippen molar-refractivity contribution in [2.75, 3.05) is 26.2 Å². The average Bonchev–Trinajstić information content (AvgIpc) is 3.32. The maximum absolute atomic E-state index is 13.5. The maximum Gasteiger partial charge on any atom is 0.243 e. The first-order valence-electron chi connectivity index (χ1n) is 11.1. The maximum atomic E-state index is 13.5. The lowest BCUT2D eigenvalue weighted by Gasteiger charge is -2.36. The number of carbonyl (C=O) groups is 1. The van der Waals surface area contributed by atoms with Crippen LogP contribution in [0.5, 0.6) is 5.75 Å². The molecule has 1 aliphatic rings. The fourth-order valence-electron chi connectivity index (χ4n) is 4.06. The summed E-state index contributed by atoms with van der Waals surface area (Å²) in [5, 5.41) is 2.03. The zero-order valence-corrected chi connectivity index (χ0v) is 20.7. The summed E-state index contributed by atoms with van der Waals surface area (Å²) in [5.41, 5.74) is 2.03. The number of carbonyl (C=O) groups excluding carboxylic acids is 1. The van der Waals surface area contributed by atoms with E-state index in [0.717, 1.165) is 23.3 Å². The molecule has 0 spiro atoms. The van der Waals surface area contributed by atoms with Gasteiger partial charge in [0.2, 0.25) is 15.9 Å². The molecule has 1 amide bonds. The first-order valence-corrected chi connectivity index (χ1v) is 13.4. The third kappa shape index (κ3) is 5.24. The molecule has 2 heterocycles. The van der Waals surface area contributed by atoms with Crippen LogP contribution < -0.4 is 4.74 Å². The van der Waals surface area contributed by atoms with Crippen LogP contribution in [0.2, 0.25) is 0 Å². The number of amides is 1. The van der Waals surface area contributed by atoms with Gasteiger partial charge in [-0.1, -0.05) is 42.0 Å². The van der Waals surface area contributed by atoms with E-state index < -0.39 is 10.0 Å². The quantitative estimate of drug-likeness (QED) is 0.411. The predicted octanol–water partition coefficient (Wildman–Crippen LogP) is 4.44. The standard InChI is InChI=1S/C26H28N2O4S2/c1-3-15-27(34(30,31)22-11-9-20(2)10-12-22)18-26(29)28-16-13-25-23(14-17-33-25)24(28)19-32-21-7-5-4-6-8-21/h3-12,14,17,24H,1,13,15-16,18-19H2,2H3. The predicted molar refractivity (Wildman–Crippen MR) is 135 cm³/mol. The third-order valence-corrected chi connectivity index (χ3v) is 8.69. The fourth-order valence-corrected chi connectivity index (χ4v) is 6.35. The molecule has 1 aliphatic heterocycles. The number of fused-ring (bicyclic) bond motifs is 1. The van der Waals surface area contributed by atoms with Crippen LogP contribution in [0.1, 0.15) is 22.0 Å². The van der Waals surface area contributed by atoms with E-state index in [2.05, 4.69) is 6.58 Å². The van der Waals surface area contributed by atoms with Gasteiger partial charge in [0.05, 0.1) is 17.5 Å². The smallest absolute Gasteiger partial charge is 0.243 e. The van der Waals surface area contributed by atoms with Gasteiger partial charge in [-0.15, -0.1) is 17.9 Å². The molecule has 0 N–H and O–H groups in total. The van der Waals surface area contributed by atoms with Gasteiger partial charge >= 0.3 is 0 Å². The molecule has 3 aromatic rings. The van der Waals surface area contributed by atoms with Crippen LogP contribution in [-0.2, 0) is 21.2 Å². The van der Waals surface area contributed by atoms with Gasteiger partial charge in [-0.05, 0) is 54.6 Å². The van der Waals surface area contributed by atoms with Crippen LogP contribution in [0.3, 0.4) is 0 Å². The van der Waals surface area contributed by atoms with E-state index >= 15 is 0 Å². The van der Waals surface area contributed by atoms with Crippen LogP contribution in [0, 0.1) is 6.92 Å². The van der Waals surface area contributed by atoms with Gasteiger partial charge in [0.15, 0.2) is 0 Å². The molecule has 2 aromatic carbocycles. The van der Waals surface area contributed by atoms with Crippen molar-refractivity contribution in [3.8, 4) is 5.75 Å². The lowest BCUT2D eigenvalue weighted by molar-refractivity contribution is -0.135. The molecule has 0 bridgehead atoms. The summed E-state index contributed by atoms with van der Waals surface area (Å²) < 4.78 is 33.8. The Bertz CT molecular complexity index is 1240. The number of benzene rings is 2. The zero-order chi connectivity index (χ0) is 24.1. The van der Waals surface area contributed by atoms with Crippen molar-refractivity contribution in [3.05, 3.63) is 94.7 Å². The van der Waals surface area contributed by atoms with Gasteiger partial charge in [0.25, 0.3) is 0 Å². The second kappa shape index (κ2) is 10.5. The average molecular weight is 497 g/mol. The van der Waals surface area contributed by atoms with Crippen LogP contribution in [0.25, 0.3) is 0 Å². The minimum atomic E-state index is -3.85. The summed E-state index contributed by atoms with van der Waals surface area (Å²) in [4.78, 5) is 16.7. The Morgan fingerprint density at radius 3 is 2.62 bits per heavy atom. The molecule has 34 heavy (non-hydrogen) atoms. The monoisotopic (exact) mass is 496 g/mol. The van der Waals surface area contributed by atoms with Crippen molar-refractivity contribution in [2.45, 2.75) is 24.3 Å². The van der Waals surface area contributed by atoms with E-state index in [1.54, 1.807) is 40.5 Å². The summed E-state index contributed by atoms with van der Waals surface area (Å²) in [7, 11) is -3.85. The molecular formula is C26H28N2O4S2. The van der Waals surface area contributed by atoms with E-state index in [1.165, 1.54) is 15.3 Å². The lowest BCUT2D eigenvalue weighted by Crippen LogP contribution is -2.47. The van der Waals surface area contributed by atoms with Gasteiger partial charge in [0.1, 0.15) is 12.4 Å². The second-order valence-electron chi connectivity index (χ2n) is 8.18. The number of hydrogen-bond acceptors (Lipinski definition) is 5.